The first-order chi connectivity index (χ1) is 35.5. The van der Waals surface area contributed by atoms with E-state index >= 15 is 0 Å². The van der Waals surface area contributed by atoms with E-state index in [1.165, 1.54) is 28.8 Å². The number of terminal acetylenes is 1. The van der Waals surface area contributed by atoms with Gasteiger partial charge < -0.3 is 25.0 Å². The number of piperazine rings is 1. The first-order valence-corrected chi connectivity index (χ1v) is 27.5. The van der Waals surface area contributed by atoms with Crippen LogP contribution in [0.25, 0.3) is 11.0 Å². The quantitative estimate of drug-likeness (QED) is 0.0434. The predicted octanol–water partition coefficient (Wildman–Crippen LogP) is 10.1. The third kappa shape index (κ3) is 11.0. The van der Waals surface area contributed by atoms with Crippen LogP contribution >= 0.6 is 0 Å². The number of hydrogen-bond donors (Lipinski definition) is 4. The van der Waals surface area contributed by atoms with Gasteiger partial charge in [-0.15, -0.1) is 6.42 Å². The maximum Gasteiger partial charge on any atom is 0.293 e. The Balaban J connectivity index is 0.831. The van der Waals surface area contributed by atoms with Crippen LogP contribution < -0.4 is 19.7 Å². The Kier molecular flexibility index (Phi) is 14.3. The van der Waals surface area contributed by atoms with Gasteiger partial charge in [-0.25, -0.2) is 18.1 Å². The van der Waals surface area contributed by atoms with Crippen molar-refractivity contribution in [2.45, 2.75) is 107 Å². The van der Waals surface area contributed by atoms with Crippen molar-refractivity contribution >= 4 is 44.0 Å². The van der Waals surface area contributed by atoms with Gasteiger partial charge in [0.05, 0.1) is 27.2 Å². The largest absolute Gasteiger partial charge is 0.455 e. The maximum atomic E-state index is 14.1. The average Bonchev–Trinajstić information content (AvgIpc) is 3.86. The van der Waals surface area contributed by atoms with E-state index in [-0.39, 0.29) is 34.4 Å². The van der Waals surface area contributed by atoms with Crippen molar-refractivity contribution in [1.82, 2.24) is 24.5 Å². The smallest absolute Gasteiger partial charge is 0.293 e. The second kappa shape index (κ2) is 20.9. The van der Waals surface area contributed by atoms with Crippen molar-refractivity contribution in [2.75, 3.05) is 49.5 Å². The van der Waals surface area contributed by atoms with Gasteiger partial charge in [0.25, 0.3) is 21.6 Å². The summed E-state index contributed by atoms with van der Waals surface area (Å²) in [5.41, 5.74) is 5.73. The minimum Gasteiger partial charge on any atom is -0.455 e. The van der Waals surface area contributed by atoms with Crippen LogP contribution in [0.1, 0.15) is 117 Å². The highest BCUT2D eigenvalue weighted by atomic mass is 32.2. The number of aromatic nitrogens is 2. The molecule has 2 saturated carbocycles. The second-order valence-corrected chi connectivity index (χ2v) is 23.4. The molecular formula is C58H66N8O7S. The minimum absolute atomic E-state index is 0.0310. The third-order valence-electron chi connectivity index (χ3n) is 16.3. The predicted molar refractivity (Wildman–Crippen MR) is 288 cm³/mol. The molecule has 1 spiro atoms. The van der Waals surface area contributed by atoms with Gasteiger partial charge in [-0.3, -0.25) is 24.7 Å². The highest BCUT2D eigenvalue weighted by Gasteiger charge is 2.50. The molecule has 15 nitrogen and oxygen atoms in total. The molecule has 0 radical (unpaired) electrons. The molecule has 0 unspecified atom stereocenters. The lowest BCUT2D eigenvalue weighted by Crippen LogP contribution is -2.60. The number of aromatic amines is 1. The number of anilines is 2. The average molecular weight is 1020 g/mol. The molecule has 2 aromatic heterocycles. The number of ether oxygens (including phenoxy) is 1. The first kappa shape index (κ1) is 50.7. The lowest BCUT2D eigenvalue weighted by Gasteiger charge is -2.58. The van der Waals surface area contributed by atoms with E-state index in [4.69, 9.17) is 11.2 Å². The van der Waals surface area contributed by atoms with Crippen LogP contribution in [0.15, 0.2) is 114 Å². The zero-order valence-corrected chi connectivity index (χ0v) is 43.2. The summed E-state index contributed by atoms with van der Waals surface area (Å²) in [6.45, 7) is 12.3. The molecular weight excluding hydrogens is 953 g/mol. The number of benzene rings is 4. The van der Waals surface area contributed by atoms with Gasteiger partial charge >= 0.3 is 0 Å². The number of nitro groups is 1. The van der Waals surface area contributed by atoms with E-state index in [0.717, 1.165) is 100 Å². The maximum absolute atomic E-state index is 14.1. The third-order valence-corrected chi connectivity index (χ3v) is 17.6. The normalized spacial score (nSPS) is 21.5. The van der Waals surface area contributed by atoms with Gasteiger partial charge in [-0.2, -0.15) is 0 Å². The summed E-state index contributed by atoms with van der Waals surface area (Å²) in [5.74, 6) is 2.89. The van der Waals surface area contributed by atoms with E-state index < -0.39 is 37.0 Å². The summed E-state index contributed by atoms with van der Waals surface area (Å²) in [7, 11) is -4.59. The van der Waals surface area contributed by atoms with Gasteiger partial charge in [0.2, 0.25) is 0 Å². The Labute approximate surface area is 433 Å². The highest BCUT2D eigenvalue weighted by Crippen LogP contribution is 2.53. The van der Waals surface area contributed by atoms with Crippen molar-refractivity contribution in [2.24, 2.45) is 11.3 Å². The number of aliphatic hydroxyl groups is 1. The van der Waals surface area contributed by atoms with Crippen molar-refractivity contribution in [3.63, 3.8) is 0 Å². The van der Waals surface area contributed by atoms with E-state index in [1.807, 2.05) is 31.2 Å². The van der Waals surface area contributed by atoms with Gasteiger partial charge in [0, 0.05) is 92.9 Å². The number of nitro benzene ring substituents is 1. The first-order valence-electron chi connectivity index (χ1n) is 26.0. The van der Waals surface area contributed by atoms with E-state index in [0.29, 0.717) is 42.7 Å². The summed E-state index contributed by atoms with van der Waals surface area (Å²) >= 11 is 0. The Bertz CT molecular complexity index is 3180. The molecule has 16 heteroatoms. The fourth-order valence-corrected chi connectivity index (χ4v) is 12.9. The van der Waals surface area contributed by atoms with Crippen LogP contribution in [0.5, 0.6) is 11.5 Å². The van der Waals surface area contributed by atoms with Gasteiger partial charge in [0.15, 0.2) is 0 Å². The number of piperidine rings is 1. The monoisotopic (exact) mass is 1020 g/mol. The Hall–Kier alpha value is -6.77. The fourth-order valence-electron chi connectivity index (χ4n) is 11.9. The number of amides is 1. The lowest BCUT2D eigenvalue weighted by atomic mass is 9.59. The zero-order chi connectivity index (χ0) is 51.8. The molecule has 0 bridgehead atoms. The summed E-state index contributed by atoms with van der Waals surface area (Å²) in [6, 6.07) is 30.5. The molecule has 10 rings (SSSR count). The van der Waals surface area contributed by atoms with E-state index in [1.54, 1.807) is 30.6 Å². The molecule has 1 amide bonds. The minimum atomic E-state index is -4.59. The summed E-state index contributed by atoms with van der Waals surface area (Å²) in [6.07, 6.45) is 16.0. The number of nitrogens with zero attached hydrogens (tertiary/aromatic N) is 5. The molecule has 2 aliphatic heterocycles. The van der Waals surface area contributed by atoms with Crippen LogP contribution in [0.2, 0.25) is 0 Å². The SMILES string of the molecule is C#Cc1ccc(CN2CCN(C3CC4(CCN(c5ccc(C(=O)NS(=O)(=O)c6ccc(NCC7CCC(C)(O)CC7)c([N+](=O)[O-])c6)c(Oc6cnc7[nH]ccc7c6)c5)CC4)C3)[C@H](c3ccccc3C(C)C)C2)cc1. The number of hydrogen-bond acceptors (Lipinski definition) is 12. The van der Waals surface area contributed by atoms with Gasteiger partial charge in [0.1, 0.15) is 22.8 Å². The molecule has 4 fully saturated rings. The number of rotatable bonds is 15. The Morgan fingerprint density at radius 1 is 0.973 bits per heavy atom. The number of fused-ring (bicyclic) bond motifs is 1. The van der Waals surface area contributed by atoms with Crippen molar-refractivity contribution in [3.05, 3.63) is 147 Å². The standard InChI is InChI=1S/C58H66N8O7S/c1-5-40-10-12-42(13-11-40)37-63-28-29-65(53(38-63)49-9-7-6-8-48(49)39(2)3)45-33-58(34-45)23-26-64(27-24-58)44-14-16-50(54(31-44)73-46-30-43-20-25-59-55(43)61-36-46)56(67)62-74(71,72)47-15-17-51(52(32-47)66(69)70)60-35-41-18-21-57(4,68)22-19-41/h1,6-17,20,25,30-32,36,39,41,45,53,60,68H,18-19,21-24,26-29,33-35,37-38H2,2-4H3,(H,59,61)(H,62,67)/t41?,53-,57?/m0/s1. The molecule has 2 aliphatic carbocycles. The molecule has 4 heterocycles. The van der Waals surface area contributed by atoms with Crippen molar-refractivity contribution in [1.29, 1.82) is 0 Å². The molecule has 74 heavy (non-hydrogen) atoms. The van der Waals surface area contributed by atoms with E-state index in [2.05, 4.69) is 90.9 Å². The molecule has 1 atom stereocenters. The van der Waals surface area contributed by atoms with Crippen LogP contribution in [-0.4, -0.2) is 95.0 Å². The molecule has 6 aromatic rings. The van der Waals surface area contributed by atoms with Gasteiger partial charge in [-0.05, 0) is 141 Å². The summed E-state index contributed by atoms with van der Waals surface area (Å²) < 4.78 is 36.3. The molecule has 2 saturated heterocycles. The van der Waals surface area contributed by atoms with E-state index in [9.17, 15) is 28.4 Å². The number of sulfonamides is 1. The number of carbonyl (C=O) groups is 1. The molecule has 386 valence electrons. The number of H-pyrrole nitrogens is 1. The van der Waals surface area contributed by atoms with Gasteiger partial charge in [-0.1, -0.05) is 56.2 Å². The fraction of sp³-hybridized carbons (Fsp3) is 0.414. The van der Waals surface area contributed by atoms with Crippen LogP contribution in [-0.2, 0) is 16.6 Å². The number of carbonyl (C=O) groups excluding carboxylic acids is 1. The number of nitrogens with one attached hydrogen (secondary N) is 3. The summed E-state index contributed by atoms with van der Waals surface area (Å²) in [4.78, 5) is 40.5. The van der Waals surface area contributed by atoms with Crippen molar-refractivity contribution in [3.8, 4) is 23.8 Å². The molecule has 4 aliphatic rings. The zero-order valence-electron chi connectivity index (χ0n) is 42.4. The van der Waals surface area contributed by atoms with Crippen LogP contribution in [0, 0.1) is 33.8 Å². The second-order valence-electron chi connectivity index (χ2n) is 21.7. The highest BCUT2D eigenvalue weighted by molar-refractivity contribution is 7.90. The molecule has 4 N–H and O–H groups in total. The summed E-state index contributed by atoms with van der Waals surface area (Å²) in [5, 5.41) is 26.5. The van der Waals surface area contributed by atoms with Crippen LogP contribution in [0.3, 0.4) is 0 Å². The molecule has 4 aromatic carbocycles. The lowest BCUT2D eigenvalue weighted by molar-refractivity contribution is -0.384. The van der Waals surface area contributed by atoms with Crippen molar-refractivity contribution < 1.29 is 28.0 Å². The Morgan fingerprint density at radius 2 is 1.73 bits per heavy atom. The number of pyridine rings is 1. The van der Waals surface area contributed by atoms with Crippen LogP contribution in [0.4, 0.5) is 17.1 Å². The topological polar surface area (TPSA) is 186 Å². The Morgan fingerprint density at radius 3 is 2.46 bits per heavy atom.